The molecule has 6 heteroatoms. The zero-order valence-electron chi connectivity index (χ0n) is 9.67. The van der Waals surface area contributed by atoms with E-state index < -0.39 is 0 Å². The fraction of sp³-hybridized carbons (Fsp3) is 0.250. The van der Waals surface area contributed by atoms with Crippen molar-refractivity contribution >= 4 is 12.9 Å². The Morgan fingerprint density at radius 3 is 2.39 bits per heavy atom. The van der Waals surface area contributed by atoms with Gasteiger partial charge in [0.05, 0.1) is 11.6 Å². The van der Waals surface area contributed by atoms with Gasteiger partial charge in [0, 0.05) is 0 Å². The number of nitriles is 1. The van der Waals surface area contributed by atoms with Crippen LogP contribution in [0, 0.1) is 11.3 Å². The van der Waals surface area contributed by atoms with Crippen LogP contribution in [-0.2, 0) is 16.0 Å². The molecule has 2 N–H and O–H groups in total. The van der Waals surface area contributed by atoms with E-state index >= 15 is 0 Å². The number of carbonyl (C=O) groups excluding carboxylic acids is 1. The van der Waals surface area contributed by atoms with Crippen molar-refractivity contribution < 1.29 is 14.7 Å². The fourth-order valence-electron chi connectivity index (χ4n) is 1.22. The van der Waals surface area contributed by atoms with Crippen LogP contribution in [0.1, 0.15) is 18.1 Å². The molecule has 1 aromatic carbocycles. The van der Waals surface area contributed by atoms with Gasteiger partial charge < -0.3 is 15.2 Å². The monoisotopic (exact) mass is 490 g/mol. The second-order valence-corrected chi connectivity index (χ2v) is 3.27. The Hall–Kier alpha value is -3.35. The van der Waals surface area contributed by atoms with Crippen LogP contribution in [0.3, 0.4) is 0 Å². The maximum absolute atomic E-state index is 10.0. The van der Waals surface area contributed by atoms with Crippen molar-refractivity contribution in [3.8, 4) is 6.07 Å². The van der Waals surface area contributed by atoms with Gasteiger partial charge in [0.2, 0.25) is 0 Å². The molecule has 1 amide bonds. The molecular formula is C12H13FmN2O3-. The number of carboxylic acid groups (broad SMARTS) is 1. The SMILES string of the molecule is CC(Cc1ccc(C#N)cc1)N[C-]=O.O=CO.[Fm]. The van der Waals surface area contributed by atoms with Crippen LogP contribution in [0.25, 0.3) is 0 Å². The van der Waals surface area contributed by atoms with Crippen molar-refractivity contribution in [3.05, 3.63) is 35.4 Å². The molecule has 5 nitrogen and oxygen atoms in total. The quantitative estimate of drug-likeness (QED) is 0.372. The first-order chi connectivity index (χ1) is 8.17. The van der Waals surface area contributed by atoms with Gasteiger partial charge in [-0.2, -0.15) is 11.7 Å². The zero-order valence-corrected chi connectivity index (χ0v) is 12.1. The smallest absolute Gasteiger partial charge is 0.290 e. The first kappa shape index (κ1) is 17.1. The summed E-state index contributed by atoms with van der Waals surface area (Å²) in [5.74, 6) is 0. The summed E-state index contributed by atoms with van der Waals surface area (Å²) in [4.78, 5) is 18.4. The Balaban J connectivity index is 0. The first-order valence-corrected chi connectivity index (χ1v) is 4.87. The van der Waals surface area contributed by atoms with Gasteiger partial charge in [0.25, 0.3) is 6.47 Å². The standard InChI is InChI=1S/C11H11N2O.CH2O2.Fm/c1-9(13-8-14)6-10-2-4-11(7-12)5-3-10;2-1-3;/h2-5,9H,6H2,1H3,(H,13,14);1H,(H,2,3);/q-1;;. The Bertz CT molecular complexity index is 387. The van der Waals surface area contributed by atoms with Crippen molar-refractivity contribution in [2.45, 2.75) is 19.4 Å². The third-order valence-corrected chi connectivity index (χ3v) is 1.93. The average Bonchev–Trinajstić information content (AvgIpc) is 2.31. The Labute approximate surface area is 99.7 Å². The molecule has 1 rings (SSSR count). The maximum Gasteiger partial charge on any atom is 0.290 e. The van der Waals surface area contributed by atoms with Gasteiger partial charge in [0.1, 0.15) is 0 Å². The molecule has 0 bridgehead atoms. The molecule has 0 aliphatic rings. The molecule has 0 saturated heterocycles. The predicted octanol–water partition coefficient (Wildman–Crippen LogP) is 0.847. The number of amides is 1. The van der Waals surface area contributed by atoms with Gasteiger partial charge in [-0.05, 0) is 37.1 Å². The van der Waals surface area contributed by atoms with Gasteiger partial charge >= 0.3 is 0 Å². The summed E-state index contributed by atoms with van der Waals surface area (Å²) < 4.78 is 0. The maximum atomic E-state index is 10.0. The summed E-state index contributed by atoms with van der Waals surface area (Å²) in [6.07, 6.45) is 2.41. The zero-order chi connectivity index (χ0) is 13.1. The van der Waals surface area contributed by atoms with Gasteiger partial charge in [-0.3, -0.25) is 4.79 Å². The molecule has 0 spiro atoms. The normalized spacial score (nSPS) is 9.56. The van der Waals surface area contributed by atoms with Crippen molar-refractivity contribution in [1.82, 2.24) is 5.32 Å². The number of hydrogen-bond donors (Lipinski definition) is 2. The molecule has 18 heavy (non-hydrogen) atoms. The molecule has 0 heterocycles. The summed E-state index contributed by atoms with van der Waals surface area (Å²) in [5.41, 5.74) is 1.75. The summed E-state index contributed by atoms with van der Waals surface area (Å²) in [5, 5.41) is 18.0. The molecule has 1 atom stereocenters. The first-order valence-electron chi connectivity index (χ1n) is 4.87. The van der Waals surface area contributed by atoms with Crippen LogP contribution in [-0.4, -0.2) is 24.0 Å². The fourth-order valence-corrected chi connectivity index (χ4v) is 1.22. The van der Waals surface area contributed by atoms with Crippen LogP contribution >= 0.6 is 0 Å². The molecule has 0 aliphatic heterocycles. The van der Waals surface area contributed by atoms with Gasteiger partial charge in [-0.25, -0.2) is 0 Å². The minimum Gasteiger partial charge on any atom is -0.527 e. The number of carbonyl (C=O) groups is 1. The second kappa shape index (κ2) is 10.2. The van der Waals surface area contributed by atoms with Crippen molar-refractivity contribution in [2.75, 3.05) is 0 Å². The molecule has 0 aliphatic carbocycles. The molecular weight excluding hydrogens is 477 g/mol. The largest absolute Gasteiger partial charge is 0.527 e. The molecule has 0 fully saturated rings. The van der Waals surface area contributed by atoms with Gasteiger partial charge in [0.15, 0.2) is 0 Å². The minimum absolute atomic E-state index is 0. The Morgan fingerprint density at radius 1 is 1.50 bits per heavy atom. The summed E-state index contributed by atoms with van der Waals surface area (Å²) in [6.45, 7) is 1.66. The molecule has 0 aromatic heterocycles. The van der Waals surface area contributed by atoms with E-state index in [9.17, 15) is 4.79 Å². The number of nitrogens with zero attached hydrogens (tertiary/aromatic N) is 1. The Kier molecular flexibility index (Phi) is 9.64. The van der Waals surface area contributed by atoms with E-state index in [1.807, 2.05) is 19.1 Å². The second-order valence-electron chi connectivity index (χ2n) is 3.27. The van der Waals surface area contributed by atoms with E-state index in [0.717, 1.165) is 12.0 Å². The average molecular weight is 490 g/mol. The van der Waals surface area contributed by atoms with Gasteiger partial charge in [-0.15, -0.1) is 0 Å². The van der Waals surface area contributed by atoms with Crippen molar-refractivity contribution in [2.24, 2.45) is 0 Å². The van der Waals surface area contributed by atoms with Crippen LogP contribution in [0.2, 0.25) is 0 Å². The number of nitrogens with one attached hydrogen (secondary N) is 1. The predicted molar refractivity (Wildman–Crippen MR) is 61.8 cm³/mol. The van der Waals surface area contributed by atoms with E-state index in [0.29, 0.717) is 5.56 Å². The van der Waals surface area contributed by atoms with Crippen LogP contribution in [0.4, 0.5) is 0 Å². The summed E-state index contributed by atoms with van der Waals surface area (Å²) >= 11 is 0. The number of benzene rings is 1. The molecule has 102 valence electrons. The summed E-state index contributed by atoms with van der Waals surface area (Å²) in [6, 6.07) is 9.45. The topological polar surface area (TPSA) is 90.2 Å². The van der Waals surface area contributed by atoms with Crippen molar-refractivity contribution in [3.63, 3.8) is 0 Å². The molecule has 1 unspecified atom stereocenters. The molecule has 1 aromatic rings. The molecule has 0 saturated carbocycles. The van der Waals surface area contributed by atoms with E-state index in [1.165, 1.54) is 0 Å². The van der Waals surface area contributed by atoms with Crippen LogP contribution in [0.15, 0.2) is 24.3 Å². The van der Waals surface area contributed by atoms with Crippen molar-refractivity contribution in [1.29, 1.82) is 5.26 Å². The van der Waals surface area contributed by atoms with Crippen LogP contribution < -0.4 is 5.32 Å². The minimum atomic E-state index is -0.250. The third kappa shape index (κ3) is 7.01. The van der Waals surface area contributed by atoms with Crippen LogP contribution in [0.5, 0.6) is 0 Å². The number of hydrogen-bond acceptors (Lipinski definition) is 3. The van der Waals surface area contributed by atoms with E-state index in [2.05, 4.69) is 11.4 Å². The Morgan fingerprint density at radius 2 is 2.00 bits per heavy atom. The van der Waals surface area contributed by atoms with E-state index in [-0.39, 0.29) is 12.5 Å². The third-order valence-electron chi connectivity index (χ3n) is 1.93. The summed E-state index contributed by atoms with van der Waals surface area (Å²) in [7, 11) is 0. The van der Waals surface area contributed by atoms with E-state index in [1.54, 1.807) is 18.5 Å². The van der Waals surface area contributed by atoms with E-state index in [4.69, 9.17) is 15.2 Å². The molecule has 0 radical (unpaired) electrons. The van der Waals surface area contributed by atoms with Gasteiger partial charge in [-0.1, -0.05) is 12.1 Å². The number of rotatable bonds is 4.